The molecule has 0 saturated heterocycles. The minimum Gasteiger partial charge on any atom is -0.207 e. The lowest BCUT2D eigenvalue weighted by Crippen LogP contribution is -2.40. The van der Waals surface area contributed by atoms with Crippen LogP contribution in [0.25, 0.3) is 0 Å². The smallest absolute Gasteiger partial charge is 0.207 e. The van der Waals surface area contributed by atoms with Gasteiger partial charge in [0.2, 0.25) is 10.0 Å². The normalized spacial score (nSPS) is 16.8. The van der Waals surface area contributed by atoms with Crippen molar-refractivity contribution >= 4 is 65.1 Å². The molecule has 1 aliphatic carbocycles. The van der Waals surface area contributed by atoms with Crippen LogP contribution < -0.4 is 0 Å². The number of hydrogen-bond acceptors (Lipinski definition) is 2. The lowest BCUT2D eigenvalue weighted by Gasteiger charge is -2.28. The van der Waals surface area contributed by atoms with Gasteiger partial charge in [0, 0.05) is 22.4 Å². The summed E-state index contributed by atoms with van der Waals surface area (Å²) in [6.45, 7) is 0.412. The number of rotatable bonds is 5. The minimum absolute atomic E-state index is 0.00174. The van der Waals surface area contributed by atoms with Crippen LogP contribution in [0.5, 0.6) is 0 Å². The Balaban J connectivity index is 2.48. The van der Waals surface area contributed by atoms with Gasteiger partial charge in [0.1, 0.15) is 4.90 Å². The summed E-state index contributed by atoms with van der Waals surface area (Å²) in [6, 6.07) is 3.14. The van der Waals surface area contributed by atoms with Crippen LogP contribution in [0.15, 0.2) is 21.5 Å². The van der Waals surface area contributed by atoms with Gasteiger partial charge < -0.3 is 0 Å². The van der Waals surface area contributed by atoms with E-state index in [-0.39, 0.29) is 21.0 Å². The maximum absolute atomic E-state index is 13.0. The van der Waals surface area contributed by atoms with Gasteiger partial charge in [0.05, 0.1) is 10.0 Å². The highest BCUT2D eigenvalue weighted by molar-refractivity contribution is 9.10. The number of alkyl halides is 1. The number of benzene rings is 1. The zero-order chi connectivity index (χ0) is 15.6. The van der Waals surface area contributed by atoms with Gasteiger partial charge in [-0.1, -0.05) is 67.9 Å². The van der Waals surface area contributed by atoms with Gasteiger partial charge in [-0.25, -0.2) is 8.42 Å². The molecular weight excluding hydrogens is 465 g/mol. The average molecular weight is 480 g/mol. The predicted octanol–water partition coefficient (Wildman–Crippen LogP) is 5.08. The maximum atomic E-state index is 13.0. The van der Waals surface area contributed by atoms with Gasteiger partial charge in [-0.05, 0) is 25.0 Å². The second-order valence-corrected chi connectivity index (χ2v) is 9.29. The van der Waals surface area contributed by atoms with E-state index in [0.29, 0.717) is 16.3 Å². The molecule has 2 rings (SSSR count). The lowest BCUT2D eigenvalue weighted by atomic mass is 10.2. The standard InChI is InChI=1S/C13H15Br2Cl2NO2S/c14-5-6-18(10-3-1-2-4-10)21(19,20)13-11(16)7-9(15)8-12(13)17/h7-8,10H,1-6H2. The Kier molecular flexibility index (Phi) is 6.43. The number of hydrogen-bond donors (Lipinski definition) is 0. The second-order valence-electron chi connectivity index (χ2n) is 4.94. The molecule has 0 aliphatic heterocycles. The van der Waals surface area contributed by atoms with Crippen molar-refractivity contribution in [2.45, 2.75) is 36.6 Å². The van der Waals surface area contributed by atoms with Crippen LogP contribution in [0.2, 0.25) is 10.0 Å². The van der Waals surface area contributed by atoms with E-state index in [1.165, 1.54) is 4.31 Å². The predicted molar refractivity (Wildman–Crippen MR) is 94.1 cm³/mol. The van der Waals surface area contributed by atoms with Gasteiger partial charge in [-0.15, -0.1) is 0 Å². The van der Waals surface area contributed by atoms with E-state index < -0.39 is 10.0 Å². The van der Waals surface area contributed by atoms with Gasteiger partial charge in [-0.2, -0.15) is 4.31 Å². The summed E-state index contributed by atoms with van der Waals surface area (Å²) >= 11 is 18.9. The average Bonchev–Trinajstić information content (AvgIpc) is 2.87. The van der Waals surface area contributed by atoms with Crippen LogP contribution in [-0.4, -0.2) is 30.6 Å². The molecule has 0 bridgehead atoms. The SMILES string of the molecule is O=S(=O)(c1c(Cl)cc(Br)cc1Cl)N(CCBr)C1CCCC1. The highest BCUT2D eigenvalue weighted by Gasteiger charge is 2.35. The Morgan fingerprint density at radius 2 is 1.71 bits per heavy atom. The first-order valence-electron chi connectivity index (χ1n) is 6.60. The molecule has 3 nitrogen and oxygen atoms in total. The summed E-state index contributed by atoms with van der Waals surface area (Å²) in [4.78, 5) is 0.00174. The van der Waals surface area contributed by atoms with Crippen molar-refractivity contribution in [2.24, 2.45) is 0 Å². The molecule has 1 fully saturated rings. The molecule has 0 unspecified atom stereocenters. The van der Waals surface area contributed by atoms with Gasteiger partial charge >= 0.3 is 0 Å². The quantitative estimate of drug-likeness (QED) is 0.552. The summed E-state index contributed by atoms with van der Waals surface area (Å²) < 4.78 is 28.2. The molecule has 0 radical (unpaired) electrons. The number of halogens is 4. The first-order chi connectivity index (χ1) is 9.87. The van der Waals surface area contributed by atoms with Crippen LogP contribution in [-0.2, 0) is 10.0 Å². The van der Waals surface area contributed by atoms with Crippen molar-refractivity contribution < 1.29 is 8.42 Å². The van der Waals surface area contributed by atoms with E-state index in [2.05, 4.69) is 31.9 Å². The molecule has 8 heteroatoms. The van der Waals surface area contributed by atoms with Crippen LogP contribution in [0, 0.1) is 0 Å². The van der Waals surface area contributed by atoms with Crippen molar-refractivity contribution in [1.82, 2.24) is 4.31 Å². The van der Waals surface area contributed by atoms with Crippen LogP contribution in [0.4, 0.5) is 0 Å². The molecule has 21 heavy (non-hydrogen) atoms. The molecule has 0 heterocycles. The molecule has 0 aromatic heterocycles. The number of sulfonamides is 1. The Morgan fingerprint density at radius 3 is 2.19 bits per heavy atom. The Bertz CT molecular complexity index is 596. The monoisotopic (exact) mass is 477 g/mol. The first kappa shape index (κ1) is 18.0. The molecule has 1 aliphatic rings. The van der Waals surface area contributed by atoms with E-state index in [9.17, 15) is 8.42 Å². The Morgan fingerprint density at radius 1 is 1.19 bits per heavy atom. The van der Waals surface area contributed by atoms with Gasteiger partial charge in [0.25, 0.3) is 0 Å². The van der Waals surface area contributed by atoms with E-state index in [4.69, 9.17) is 23.2 Å². The van der Waals surface area contributed by atoms with Gasteiger partial charge in [0.15, 0.2) is 0 Å². The zero-order valence-electron chi connectivity index (χ0n) is 11.2. The topological polar surface area (TPSA) is 37.4 Å². The summed E-state index contributed by atoms with van der Waals surface area (Å²) in [5, 5.41) is 0.869. The first-order valence-corrected chi connectivity index (χ1v) is 10.7. The van der Waals surface area contributed by atoms with Crippen LogP contribution >= 0.6 is 55.1 Å². The molecule has 0 N–H and O–H groups in total. The minimum atomic E-state index is -3.71. The lowest BCUT2D eigenvalue weighted by molar-refractivity contribution is 0.338. The molecule has 0 spiro atoms. The second kappa shape index (κ2) is 7.49. The summed E-state index contributed by atoms with van der Waals surface area (Å²) in [5.41, 5.74) is 0. The van der Waals surface area contributed by atoms with Gasteiger partial charge in [-0.3, -0.25) is 0 Å². The van der Waals surface area contributed by atoms with Crippen LogP contribution in [0.3, 0.4) is 0 Å². The fourth-order valence-corrected chi connectivity index (χ4v) is 6.86. The fraction of sp³-hybridized carbons (Fsp3) is 0.538. The summed E-state index contributed by atoms with van der Waals surface area (Å²) in [5.74, 6) is 0. The molecule has 0 atom stereocenters. The number of nitrogens with zero attached hydrogens (tertiary/aromatic N) is 1. The fourth-order valence-electron chi connectivity index (χ4n) is 2.67. The molecule has 1 aromatic rings. The van der Waals surface area contributed by atoms with Crippen molar-refractivity contribution in [3.63, 3.8) is 0 Å². The molecule has 118 valence electrons. The molecule has 1 aromatic carbocycles. The van der Waals surface area contributed by atoms with E-state index in [1.807, 2.05) is 0 Å². The maximum Gasteiger partial charge on any atom is 0.246 e. The zero-order valence-corrected chi connectivity index (χ0v) is 16.7. The summed E-state index contributed by atoms with van der Waals surface area (Å²) in [6.07, 6.45) is 3.89. The Labute approximate surface area is 152 Å². The third-order valence-corrected chi connectivity index (χ3v) is 7.25. The van der Waals surface area contributed by atoms with E-state index in [1.54, 1.807) is 12.1 Å². The Hall–Kier alpha value is 0.670. The molecule has 1 saturated carbocycles. The van der Waals surface area contributed by atoms with Crippen molar-refractivity contribution in [3.8, 4) is 0 Å². The van der Waals surface area contributed by atoms with E-state index >= 15 is 0 Å². The van der Waals surface area contributed by atoms with Crippen LogP contribution in [0.1, 0.15) is 25.7 Å². The highest BCUT2D eigenvalue weighted by Crippen LogP contribution is 2.37. The van der Waals surface area contributed by atoms with Crippen molar-refractivity contribution in [2.75, 3.05) is 11.9 Å². The largest absolute Gasteiger partial charge is 0.246 e. The van der Waals surface area contributed by atoms with Crippen molar-refractivity contribution in [1.29, 1.82) is 0 Å². The third-order valence-electron chi connectivity index (χ3n) is 3.57. The molecular formula is C13H15Br2Cl2NO2S. The molecule has 0 amide bonds. The highest BCUT2D eigenvalue weighted by atomic mass is 79.9. The third kappa shape index (κ3) is 3.96. The van der Waals surface area contributed by atoms with E-state index in [0.717, 1.165) is 25.7 Å². The van der Waals surface area contributed by atoms with Crippen molar-refractivity contribution in [3.05, 3.63) is 26.7 Å². The summed E-state index contributed by atoms with van der Waals surface area (Å²) in [7, 11) is -3.71.